The minimum atomic E-state index is -1.04. The summed E-state index contributed by atoms with van der Waals surface area (Å²) < 4.78 is 17.6. The number of aromatic nitrogens is 1. The lowest BCUT2D eigenvalue weighted by Crippen LogP contribution is -2.29. The van der Waals surface area contributed by atoms with Crippen LogP contribution in [-0.2, 0) is 9.59 Å². The summed E-state index contributed by atoms with van der Waals surface area (Å²) in [6.07, 6.45) is 1.70. The molecule has 1 unspecified atom stereocenters. The monoisotopic (exact) mass is 606 g/mol. The van der Waals surface area contributed by atoms with E-state index in [2.05, 4.69) is 18.8 Å². The molecule has 0 aliphatic carbocycles. The van der Waals surface area contributed by atoms with E-state index in [4.69, 9.17) is 14.2 Å². The maximum atomic E-state index is 13.6. The predicted octanol–water partition coefficient (Wildman–Crippen LogP) is 6.89. The molecule has 0 spiro atoms. The van der Waals surface area contributed by atoms with E-state index in [1.54, 1.807) is 49.4 Å². The van der Waals surface area contributed by atoms with Crippen molar-refractivity contribution in [1.29, 1.82) is 0 Å². The number of rotatable bonds is 13. The Hall–Kier alpha value is -4.18. The summed E-state index contributed by atoms with van der Waals surface area (Å²) in [4.78, 5) is 45.6. The van der Waals surface area contributed by atoms with E-state index in [1.807, 2.05) is 13.8 Å². The van der Waals surface area contributed by atoms with Gasteiger partial charge in [0.15, 0.2) is 22.4 Å². The average molecular weight is 607 g/mol. The number of benzene rings is 2. The number of carbonyl (C=O) groups is 3. The molecule has 0 radical (unpaired) electrons. The molecule has 10 heteroatoms. The van der Waals surface area contributed by atoms with E-state index in [0.717, 1.165) is 24.2 Å². The summed E-state index contributed by atoms with van der Waals surface area (Å²) in [5.41, 5.74) is 1.23. The van der Waals surface area contributed by atoms with Gasteiger partial charge in [-0.25, -0.2) is 4.98 Å². The number of anilines is 1. The number of aliphatic hydroxyl groups excluding tert-OH is 1. The maximum absolute atomic E-state index is 13.6. The van der Waals surface area contributed by atoms with Crippen molar-refractivity contribution in [2.75, 3.05) is 24.7 Å². The third-order valence-corrected chi connectivity index (χ3v) is 8.15. The summed E-state index contributed by atoms with van der Waals surface area (Å²) in [5.74, 6) is -0.163. The van der Waals surface area contributed by atoms with Crippen LogP contribution in [0.15, 0.2) is 48.0 Å². The predicted molar refractivity (Wildman–Crippen MR) is 166 cm³/mol. The molecule has 228 valence electrons. The van der Waals surface area contributed by atoms with Gasteiger partial charge in [0, 0.05) is 12.5 Å². The standard InChI is InChI=1S/C33H38N2O7S/c1-7-16-41-24-12-9-22(10-13-24)29(37)27-28(23-11-14-25(26(18-23)40-8-2)42-17-15-19(3)4)35(32(39)30(27)38)33-34-20(5)31(43-33)21(6)36/h9-14,18-19,28,37H,7-8,15-17H2,1-6H3/b29-27+. The summed E-state index contributed by atoms with van der Waals surface area (Å²) >= 11 is 1.04. The second-order valence-corrected chi connectivity index (χ2v) is 11.7. The van der Waals surface area contributed by atoms with Crippen LogP contribution in [-0.4, -0.2) is 47.4 Å². The van der Waals surface area contributed by atoms with Crippen LogP contribution in [0.1, 0.15) is 80.0 Å². The van der Waals surface area contributed by atoms with Crippen molar-refractivity contribution in [2.24, 2.45) is 5.92 Å². The zero-order valence-electron chi connectivity index (χ0n) is 25.4. The second-order valence-electron chi connectivity index (χ2n) is 10.7. The summed E-state index contributed by atoms with van der Waals surface area (Å²) in [7, 11) is 0. The third-order valence-electron chi connectivity index (χ3n) is 6.89. The Kier molecular flexibility index (Phi) is 10.2. The number of amides is 1. The van der Waals surface area contributed by atoms with Gasteiger partial charge in [0.2, 0.25) is 0 Å². The zero-order valence-corrected chi connectivity index (χ0v) is 26.2. The minimum absolute atomic E-state index is 0.0969. The van der Waals surface area contributed by atoms with Gasteiger partial charge in [0.25, 0.3) is 5.78 Å². The number of hydrogen-bond donors (Lipinski definition) is 1. The van der Waals surface area contributed by atoms with Crippen molar-refractivity contribution in [2.45, 2.75) is 60.4 Å². The van der Waals surface area contributed by atoms with Gasteiger partial charge >= 0.3 is 5.91 Å². The molecule has 1 N–H and O–H groups in total. The highest BCUT2D eigenvalue weighted by Crippen LogP contribution is 2.45. The lowest BCUT2D eigenvalue weighted by Gasteiger charge is -2.24. The molecule has 3 aromatic rings. The summed E-state index contributed by atoms with van der Waals surface area (Å²) in [6, 6.07) is 10.9. The maximum Gasteiger partial charge on any atom is 0.301 e. The molecule has 9 nitrogen and oxygen atoms in total. The molecule has 43 heavy (non-hydrogen) atoms. The van der Waals surface area contributed by atoms with Gasteiger partial charge in [-0.1, -0.05) is 38.2 Å². The van der Waals surface area contributed by atoms with Crippen molar-refractivity contribution >= 4 is 39.7 Å². The molecule has 4 rings (SSSR count). The van der Waals surface area contributed by atoms with Crippen LogP contribution in [0.5, 0.6) is 17.2 Å². The smallest absolute Gasteiger partial charge is 0.301 e. The Bertz CT molecular complexity index is 1520. The molecule has 2 heterocycles. The van der Waals surface area contributed by atoms with Gasteiger partial charge in [-0.05, 0) is 74.6 Å². The van der Waals surface area contributed by atoms with Gasteiger partial charge in [0.05, 0.1) is 42.0 Å². The molecule has 0 saturated carbocycles. The third kappa shape index (κ3) is 6.91. The van der Waals surface area contributed by atoms with Gasteiger partial charge in [0.1, 0.15) is 11.5 Å². The van der Waals surface area contributed by atoms with E-state index in [1.165, 1.54) is 11.8 Å². The van der Waals surface area contributed by atoms with Gasteiger partial charge < -0.3 is 19.3 Å². The molecule has 0 bridgehead atoms. The van der Waals surface area contributed by atoms with E-state index in [-0.39, 0.29) is 22.2 Å². The number of hydrogen-bond acceptors (Lipinski definition) is 9. The SMILES string of the molecule is CCCOc1ccc(/C(O)=C2\C(=O)C(=O)N(c3nc(C)c(C(C)=O)s3)C2c2ccc(OCCC(C)C)c(OCC)c2)cc1. The second kappa shape index (κ2) is 13.9. The molecule has 1 aliphatic heterocycles. The number of aryl methyl sites for hydroxylation is 1. The van der Waals surface area contributed by atoms with Crippen molar-refractivity contribution < 1.29 is 33.7 Å². The van der Waals surface area contributed by atoms with Crippen molar-refractivity contribution in [3.63, 3.8) is 0 Å². The molecule has 1 fully saturated rings. The van der Waals surface area contributed by atoms with Crippen LogP contribution in [0.3, 0.4) is 0 Å². The first-order valence-corrected chi connectivity index (χ1v) is 15.3. The largest absolute Gasteiger partial charge is 0.507 e. The molecule has 1 aromatic heterocycles. The Balaban J connectivity index is 1.86. The molecule has 1 atom stereocenters. The van der Waals surface area contributed by atoms with Crippen LogP contribution in [0.4, 0.5) is 5.13 Å². The number of carbonyl (C=O) groups excluding carboxylic acids is 3. The number of ether oxygens (including phenoxy) is 3. The van der Waals surface area contributed by atoms with E-state index >= 15 is 0 Å². The van der Waals surface area contributed by atoms with Crippen LogP contribution in [0, 0.1) is 12.8 Å². The number of thiazole rings is 1. The molecule has 2 aromatic carbocycles. The van der Waals surface area contributed by atoms with Crippen LogP contribution in [0.25, 0.3) is 5.76 Å². The number of Topliss-reactive ketones (excluding diaryl/α,β-unsaturated/α-hetero) is 2. The first-order valence-electron chi connectivity index (χ1n) is 14.5. The van der Waals surface area contributed by atoms with Crippen molar-refractivity contribution in [1.82, 2.24) is 4.98 Å². The lowest BCUT2D eigenvalue weighted by molar-refractivity contribution is -0.132. The fourth-order valence-corrected chi connectivity index (χ4v) is 5.72. The van der Waals surface area contributed by atoms with E-state index in [9.17, 15) is 19.5 Å². The highest BCUT2D eigenvalue weighted by Gasteiger charge is 2.48. The van der Waals surface area contributed by atoms with E-state index < -0.39 is 17.7 Å². The van der Waals surface area contributed by atoms with Gasteiger partial charge in [-0.2, -0.15) is 0 Å². The fourth-order valence-electron chi connectivity index (χ4n) is 4.73. The number of aliphatic hydroxyl groups is 1. The first kappa shape index (κ1) is 31.7. The highest BCUT2D eigenvalue weighted by molar-refractivity contribution is 7.18. The molecule has 1 aliphatic rings. The number of ketones is 2. The average Bonchev–Trinajstić information content (AvgIpc) is 3.49. The Morgan fingerprint density at radius 3 is 2.35 bits per heavy atom. The normalized spacial score (nSPS) is 16.2. The molecule has 1 amide bonds. The molecular weight excluding hydrogens is 568 g/mol. The Morgan fingerprint density at radius 1 is 1.02 bits per heavy atom. The van der Waals surface area contributed by atoms with Crippen molar-refractivity contribution in [3.05, 3.63) is 69.7 Å². The van der Waals surface area contributed by atoms with E-state index in [0.29, 0.717) is 64.7 Å². The molecule has 1 saturated heterocycles. The van der Waals surface area contributed by atoms with Crippen LogP contribution < -0.4 is 19.1 Å². The van der Waals surface area contributed by atoms with Crippen molar-refractivity contribution in [3.8, 4) is 17.2 Å². The fraction of sp³-hybridized carbons (Fsp3) is 0.394. The van der Waals surface area contributed by atoms with Crippen LogP contribution in [0.2, 0.25) is 0 Å². The van der Waals surface area contributed by atoms with Gasteiger partial charge in [-0.15, -0.1) is 0 Å². The lowest BCUT2D eigenvalue weighted by atomic mass is 9.95. The number of nitrogens with zero attached hydrogens (tertiary/aromatic N) is 2. The highest BCUT2D eigenvalue weighted by atomic mass is 32.1. The van der Waals surface area contributed by atoms with Crippen LogP contribution >= 0.6 is 11.3 Å². The molecular formula is C33H38N2O7S. The summed E-state index contributed by atoms with van der Waals surface area (Å²) in [5, 5.41) is 11.7. The summed E-state index contributed by atoms with van der Waals surface area (Å²) in [6.45, 7) is 12.6. The Labute approximate surface area is 256 Å². The zero-order chi connectivity index (χ0) is 31.3. The first-order chi connectivity index (χ1) is 20.6. The van der Waals surface area contributed by atoms with Gasteiger partial charge in [-0.3, -0.25) is 19.3 Å². The quantitative estimate of drug-likeness (QED) is 0.0968. The Morgan fingerprint density at radius 2 is 1.74 bits per heavy atom. The minimum Gasteiger partial charge on any atom is -0.507 e. The topological polar surface area (TPSA) is 115 Å².